The average Bonchev–Trinajstić information content (AvgIpc) is 2.81. The van der Waals surface area contributed by atoms with Gasteiger partial charge >= 0.3 is 6.18 Å². The number of rotatable bonds is 1. The van der Waals surface area contributed by atoms with Crippen molar-refractivity contribution in [1.82, 2.24) is 5.32 Å². The number of nitrogens with one attached hydrogen (secondary N) is 1. The fraction of sp³-hybridized carbons (Fsp3) is 0.500. The molecule has 1 saturated carbocycles. The van der Waals surface area contributed by atoms with Crippen LogP contribution in [0.4, 0.5) is 13.2 Å². The highest BCUT2D eigenvalue weighted by atomic mass is 19.4. The van der Waals surface area contributed by atoms with Crippen LogP contribution in [0.1, 0.15) is 17.5 Å². The number of hydrogen-bond acceptors (Lipinski definition) is 1. The first kappa shape index (κ1) is 10.1. The summed E-state index contributed by atoms with van der Waals surface area (Å²) >= 11 is 0. The highest BCUT2D eigenvalue weighted by molar-refractivity contribution is 5.38. The summed E-state index contributed by atoms with van der Waals surface area (Å²) in [6.45, 7) is 1.91. The molecule has 2 aliphatic rings. The van der Waals surface area contributed by atoms with Gasteiger partial charge in [-0.25, -0.2) is 0 Å². The van der Waals surface area contributed by atoms with Crippen LogP contribution >= 0.6 is 0 Å². The zero-order valence-electron chi connectivity index (χ0n) is 8.64. The minimum absolute atomic E-state index is 0.143. The Bertz CT molecular complexity index is 409. The standard InChI is InChI=1S/C12H12F3N/c13-12(14,15)9-3-1-8(2-4-9)11-5-10(11)6-16-7-11/h1-4,10,16H,5-7H2/t10-,11-/m1/s1. The number of hydrogen-bond donors (Lipinski definition) is 1. The lowest BCUT2D eigenvalue weighted by molar-refractivity contribution is -0.137. The molecule has 1 aromatic carbocycles. The van der Waals surface area contributed by atoms with Gasteiger partial charge in [0.1, 0.15) is 0 Å². The first-order valence-corrected chi connectivity index (χ1v) is 5.41. The van der Waals surface area contributed by atoms with Crippen molar-refractivity contribution in [3.05, 3.63) is 35.4 Å². The topological polar surface area (TPSA) is 12.0 Å². The molecular weight excluding hydrogens is 215 g/mol. The lowest BCUT2D eigenvalue weighted by Gasteiger charge is -2.13. The van der Waals surface area contributed by atoms with E-state index >= 15 is 0 Å². The van der Waals surface area contributed by atoms with Crippen LogP contribution in [0.3, 0.4) is 0 Å². The number of benzene rings is 1. The van der Waals surface area contributed by atoms with E-state index in [0.717, 1.165) is 25.1 Å². The van der Waals surface area contributed by atoms with Crippen molar-refractivity contribution in [1.29, 1.82) is 0 Å². The second kappa shape index (κ2) is 3.00. The van der Waals surface area contributed by atoms with Crippen molar-refractivity contribution in [3.8, 4) is 0 Å². The summed E-state index contributed by atoms with van der Waals surface area (Å²) in [5, 5.41) is 3.28. The molecule has 1 aromatic rings. The van der Waals surface area contributed by atoms with E-state index in [9.17, 15) is 13.2 Å². The molecule has 0 unspecified atom stereocenters. The normalized spacial score (nSPS) is 32.6. The van der Waals surface area contributed by atoms with Gasteiger partial charge in [0.05, 0.1) is 5.56 Å². The van der Waals surface area contributed by atoms with Crippen LogP contribution in [0.25, 0.3) is 0 Å². The maximum Gasteiger partial charge on any atom is 0.416 e. The van der Waals surface area contributed by atoms with Gasteiger partial charge in [-0.1, -0.05) is 12.1 Å². The zero-order valence-corrected chi connectivity index (χ0v) is 8.64. The van der Waals surface area contributed by atoms with Crippen LogP contribution in [0, 0.1) is 5.92 Å². The second-order valence-electron chi connectivity index (χ2n) is 4.76. The van der Waals surface area contributed by atoms with Crippen molar-refractivity contribution < 1.29 is 13.2 Å². The largest absolute Gasteiger partial charge is 0.416 e. The first-order chi connectivity index (χ1) is 7.52. The Morgan fingerprint density at radius 3 is 2.31 bits per heavy atom. The van der Waals surface area contributed by atoms with E-state index in [0.29, 0.717) is 5.92 Å². The SMILES string of the molecule is FC(F)(F)c1ccc([C@@]23CNC[C@H]2C3)cc1. The Morgan fingerprint density at radius 2 is 1.88 bits per heavy atom. The minimum atomic E-state index is -4.23. The van der Waals surface area contributed by atoms with Crippen LogP contribution in [-0.4, -0.2) is 13.1 Å². The van der Waals surface area contributed by atoms with E-state index in [4.69, 9.17) is 0 Å². The van der Waals surface area contributed by atoms with E-state index in [1.54, 1.807) is 12.1 Å². The predicted molar refractivity (Wildman–Crippen MR) is 54.1 cm³/mol. The van der Waals surface area contributed by atoms with Crippen molar-refractivity contribution in [2.75, 3.05) is 13.1 Å². The smallest absolute Gasteiger partial charge is 0.316 e. The van der Waals surface area contributed by atoms with Gasteiger partial charge in [0.2, 0.25) is 0 Å². The highest BCUT2D eigenvalue weighted by Crippen LogP contribution is 2.56. The molecule has 0 spiro atoms. The van der Waals surface area contributed by atoms with Crippen LogP contribution in [0.15, 0.2) is 24.3 Å². The van der Waals surface area contributed by atoms with E-state index in [-0.39, 0.29) is 5.41 Å². The molecule has 1 aliphatic heterocycles. The van der Waals surface area contributed by atoms with Gasteiger partial charge in [0, 0.05) is 12.0 Å². The Balaban J connectivity index is 1.89. The lowest BCUT2D eigenvalue weighted by atomic mass is 9.94. The molecule has 1 aliphatic carbocycles. The third-order valence-corrected chi connectivity index (χ3v) is 3.85. The minimum Gasteiger partial charge on any atom is -0.316 e. The van der Waals surface area contributed by atoms with E-state index < -0.39 is 11.7 Å². The van der Waals surface area contributed by atoms with Crippen molar-refractivity contribution >= 4 is 0 Å². The van der Waals surface area contributed by atoms with Gasteiger partial charge in [0.15, 0.2) is 0 Å². The van der Waals surface area contributed by atoms with Crippen molar-refractivity contribution in [2.24, 2.45) is 5.92 Å². The molecule has 0 bridgehead atoms. The monoisotopic (exact) mass is 227 g/mol. The highest BCUT2D eigenvalue weighted by Gasteiger charge is 2.57. The molecule has 3 rings (SSSR count). The molecule has 0 radical (unpaired) electrons. The van der Waals surface area contributed by atoms with E-state index in [1.165, 1.54) is 12.1 Å². The fourth-order valence-electron chi connectivity index (χ4n) is 2.78. The van der Waals surface area contributed by atoms with E-state index in [2.05, 4.69) is 5.32 Å². The summed E-state index contributed by atoms with van der Waals surface area (Å²) in [5.41, 5.74) is 0.635. The van der Waals surface area contributed by atoms with Gasteiger partial charge in [-0.3, -0.25) is 0 Å². The number of halogens is 3. The Kier molecular flexibility index (Phi) is 1.90. The molecule has 2 fully saturated rings. The maximum atomic E-state index is 12.4. The molecule has 16 heavy (non-hydrogen) atoms. The summed E-state index contributed by atoms with van der Waals surface area (Å²) in [6.07, 6.45) is -3.11. The van der Waals surface area contributed by atoms with Crippen molar-refractivity contribution in [2.45, 2.75) is 18.0 Å². The summed E-state index contributed by atoms with van der Waals surface area (Å²) < 4.78 is 37.2. The molecule has 1 N–H and O–H groups in total. The molecule has 1 nitrogen and oxygen atoms in total. The third kappa shape index (κ3) is 1.36. The molecular formula is C12H12F3N. The summed E-state index contributed by atoms with van der Waals surface area (Å²) in [5.74, 6) is 0.629. The molecule has 4 heteroatoms. The van der Waals surface area contributed by atoms with Gasteiger partial charge in [-0.15, -0.1) is 0 Å². The lowest BCUT2D eigenvalue weighted by Crippen LogP contribution is -2.19. The summed E-state index contributed by atoms with van der Waals surface area (Å²) in [7, 11) is 0. The summed E-state index contributed by atoms with van der Waals surface area (Å²) in [6, 6.07) is 5.65. The maximum absolute atomic E-state index is 12.4. The Morgan fingerprint density at radius 1 is 1.19 bits per heavy atom. The quantitative estimate of drug-likeness (QED) is 0.777. The number of alkyl halides is 3. The Hall–Kier alpha value is -1.03. The molecule has 1 heterocycles. The molecule has 0 aromatic heterocycles. The van der Waals surface area contributed by atoms with Crippen molar-refractivity contribution in [3.63, 3.8) is 0 Å². The third-order valence-electron chi connectivity index (χ3n) is 3.85. The average molecular weight is 227 g/mol. The van der Waals surface area contributed by atoms with Gasteiger partial charge in [-0.2, -0.15) is 13.2 Å². The first-order valence-electron chi connectivity index (χ1n) is 5.41. The van der Waals surface area contributed by atoms with E-state index in [1.807, 2.05) is 0 Å². The molecule has 2 atom stereocenters. The second-order valence-corrected chi connectivity index (χ2v) is 4.76. The van der Waals surface area contributed by atoms with Crippen LogP contribution in [0.2, 0.25) is 0 Å². The summed E-state index contributed by atoms with van der Waals surface area (Å²) in [4.78, 5) is 0. The van der Waals surface area contributed by atoms with Gasteiger partial charge in [-0.05, 0) is 36.6 Å². The Labute approximate surface area is 91.7 Å². The van der Waals surface area contributed by atoms with Gasteiger partial charge in [0.25, 0.3) is 0 Å². The molecule has 86 valence electrons. The van der Waals surface area contributed by atoms with Gasteiger partial charge < -0.3 is 5.32 Å². The molecule has 0 amide bonds. The van der Waals surface area contributed by atoms with Crippen LogP contribution in [-0.2, 0) is 11.6 Å². The predicted octanol–water partition coefficient (Wildman–Crippen LogP) is 2.57. The number of fused-ring (bicyclic) bond motifs is 1. The fourth-order valence-corrected chi connectivity index (χ4v) is 2.78. The van der Waals surface area contributed by atoms with Crippen LogP contribution in [0.5, 0.6) is 0 Å². The molecule has 1 saturated heterocycles. The zero-order chi connectivity index (χ0) is 11.4. The number of piperidine rings is 1. The van der Waals surface area contributed by atoms with Crippen LogP contribution < -0.4 is 5.32 Å².